The molecule has 0 aliphatic carbocycles. The highest BCUT2D eigenvalue weighted by atomic mass is 32.3. The third-order valence-corrected chi connectivity index (χ3v) is 2.59. The van der Waals surface area contributed by atoms with Gasteiger partial charge in [0.2, 0.25) is 0 Å². The van der Waals surface area contributed by atoms with Crippen LogP contribution in [0.3, 0.4) is 0 Å². The molecule has 0 spiro atoms. The predicted molar refractivity (Wildman–Crippen MR) is 51.7 cm³/mol. The van der Waals surface area contributed by atoms with Crippen LogP contribution >= 0.6 is 0 Å². The Balaban J connectivity index is 3.25. The first-order valence-corrected chi connectivity index (χ1v) is 5.85. The summed E-state index contributed by atoms with van der Waals surface area (Å²) in [5.74, 6) is -1.26. The van der Waals surface area contributed by atoms with Gasteiger partial charge in [-0.15, -0.1) is 3.89 Å². The molecule has 1 aromatic rings. The van der Waals surface area contributed by atoms with Crippen LogP contribution in [0, 0.1) is 0 Å². The summed E-state index contributed by atoms with van der Waals surface area (Å²) in [5, 5.41) is 0. The van der Waals surface area contributed by atoms with Crippen molar-refractivity contribution in [3.05, 3.63) is 29.3 Å². The van der Waals surface area contributed by atoms with Gasteiger partial charge in [-0.2, -0.15) is 21.6 Å². The second-order valence-corrected chi connectivity index (χ2v) is 4.57. The summed E-state index contributed by atoms with van der Waals surface area (Å²) in [5.41, 5.74) is -1.43. The summed E-state index contributed by atoms with van der Waals surface area (Å²) in [4.78, 5) is 0. The molecule has 0 amide bonds. The molecule has 1 rings (SSSR count). The molecule has 0 N–H and O–H groups in total. The van der Waals surface area contributed by atoms with Crippen LogP contribution in [0.5, 0.6) is 5.75 Å². The fourth-order valence-electron chi connectivity index (χ4n) is 1.25. The molecular formula is C9H8F4O3S. The molecule has 0 aliphatic heterocycles. The van der Waals surface area contributed by atoms with Gasteiger partial charge in [0.1, 0.15) is 11.5 Å². The van der Waals surface area contributed by atoms with Gasteiger partial charge >= 0.3 is 16.4 Å². The van der Waals surface area contributed by atoms with Crippen LogP contribution in [0.25, 0.3) is 0 Å². The minimum Gasteiger partial charge on any atom is -0.496 e. The molecule has 1 aromatic carbocycles. The Morgan fingerprint density at radius 1 is 1.29 bits per heavy atom. The highest BCUT2D eigenvalue weighted by Gasteiger charge is 2.31. The molecule has 96 valence electrons. The number of hydrogen-bond donors (Lipinski definition) is 0. The van der Waals surface area contributed by atoms with Gasteiger partial charge in [0.25, 0.3) is 0 Å². The van der Waals surface area contributed by atoms with Crippen LogP contribution in [0.15, 0.2) is 18.2 Å². The second-order valence-electron chi connectivity index (χ2n) is 3.21. The standard InChI is InChI=1S/C9H8F4O3S/c1-16-8-3-2-7(9(10,11)12)4-6(8)5-17(13,14)15/h2-4H,5H2,1H3. The van der Waals surface area contributed by atoms with Crippen molar-refractivity contribution in [1.29, 1.82) is 0 Å². The molecule has 0 unspecified atom stereocenters. The first kappa shape index (κ1) is 13.8. The maximum atomic E-state index is 12.5. The quantitative estimate of drug-likeness (QED) is 0.627. The molecule has 17 heavy (non-hydrogen) atoms. The second kappa shape index (κ2) is 4.52. The first-order valence-electron chi connectivity index (χ1n) is 4.30. The molecule has 0 saturated heterocycles. The number of alkyl halides is 3. The molecule has 0 saturated carbocycles. The van der Waals surface area contributed by atoms with Crippen molar-refractivity contribution in [2.24, 2.45) is 0 Å². The van der Waals surface area contributed by atoms with E-state index in [1.807, 2.05) is 0 Å². The molecular weight excluding hydrogens is 264 g/mol. The van der Waals surface area contributed by atoms with Crippen molar-refractivity contribution in [3.63, 3.8) is 0 Å². The fraction of sp³-hybridized carbons (Fsp3) is 0.333. The number of hydrogen-bond acceptors (Lipinski definition) is 3. The summed E-state index contributed by atoms with van der Waals surface area (Å²) in [6, 6.07) is 2.23. The monoisotopic (exact) mass is 272 g/mol. The van der Waals surface area contributed by atoms with E-state index in [1.54, 1.807) is 0 Å². The Morgan fingerprint density at radius 2 is 1.88 bits per heavy atom. The van der Waals surface area contributed by atoms with Crippen molar-refractivity contribution in [2.45, 2.75) is 11.9 Å². The molecule has 0 aromatic heterocycles. The van der Waals surface area contributed by atoms with Gasteiger partial charge in [0.05, 0.1) is 12.7 Å². The summed E-state index contributed by atoms with van der Waals surface area (Å²) >= 11 is 0. The minimum atomic E-state index is -4.92. The van der Waals surface area contributed by atoms with Crippen LogP contribution in [-0.4, -0.2) is 15.5 Å². The van der Waals surface area contributed by atoms with Crippen LogP contribution in [-0.2, 0) is 22.2 Å². The number of methoxy groups -OCH3 is 1. The average molecular weight is 272 g/mol. The van der Waals surface area contributed by atoms with E-state index in [2.05, 4.69) is 4.74 Å². The van der Waals surface area contributed by atoms with Gasteiger partial charge < -0.3 is 4.74 Å². The Bertz CT molecular complexity index is 507. The van der Waals surface area contributed by atoms with Crippen LogP contribution < -0.4 is 4.74 Å². The lowest BCUT2D eigenvalue weighted by atomic mass is 10.1. The van der Waals surface area contributed by atoms with E-state index in [9.17, 15) is 25.5 Å². The Morgan fingerprint density at radius 3 is 2.29 bits per heavy atom. The predicted octanol–water partition coefficient (Wildman–Crippen LogP) is 2.51. The lowest BCUT2D eigenvalue weighted by molar-refractivity contribution is -0.137. The number of benzene rings is 1. The maximum Gasteiger partial charge on any atom is 0.416 e. The molecule has 0 heterocycles. The molecule has 0 bridgehead atoms. The van der Waals surface area contributed by atoms with Crippen molar-refractivity contribution < 1.29 is 30.2 Å². The Kier molecular flexibility index (Phi) is 3.65. The van der Waals surface area contributed by atoms with Crippen LogP contribution in [0.4, 0.5) is 17.1 Å². The fourth-order valence-corrected chi connectivity index (χ4v) is 1.85. The SMILES string of the molecule is COc1ccc(C(F)(F)F)cc1CS(=O)(=O)F. The van der Waals surface area contributed by atoms with Crippen molar-refractivity contribution in [1.82, 2.24) is 0 Å². The topological polar surface area (TPSA) is 43.4 Å². The van der Waals surface area contributed by atoms with Crippen molar-refractivity contribution >= 4 is 10.2 Å². The van der Waals surface area contributed by atoms with Crippen LogP contribution in [0.1, 0.15) is 11.1 Å². The zero-order valence-electron chi connectivity index (χ0n) is 8.58. The highest BCUT2D eigenvalue weighted by molar-refractivity contribution is 7.85. The molecule has 8 heteroatoms. The maximum absolute atomic E-state index is 12.5. The van der Waals surface area contributed by atoms with Gasteiger partial charge in [-0.25, -0.2) is 0 Å². The average Bonchev–Trinajstić information content (AvgIpc) is 2.13. The molecule has 3 nitrogen and oxygen atoms in total. The molecule has 0 aliphatic rings. The smallest absolute Gasteiger partial charge is 0.416 e. The van der Waals surface area contributed by atoms with E-state index < -0.39 is 27.7 Å². The van der Waals surface area contributed by atoms with E-state index in [0.717, 1.165) is 19.2 Å². The van der Waals surface area contributed by atoms with Crippen molar-refractivity contribution in [2.75, 3.05) is 7.11 Å². The van der Waals surface area contributed by atoms with E-state index >= 15 is 0 Å². The molecule has 0 fully saturated rings. The minimum absolute atomic E-state index is 0.112. The first-order chi connectivity index (χ1) is 7.63. The summed E-state index contributed by atoms with van der Waals surface area (Å²) in [6.45, 7) is 0. The largest absolute Gasteiger partial charge is 0.496 e. The summed E-state index contributed by atoms with van der Waals surface area (Å²) in [7, 11) is -3.77. The summed E-state index contributed by atoms with van der Waals surface area (Å²) in [6.07, 6.45) is -4.62. The van der Waals surface area contributed by atoms with Gasteiger partial charge in [0.15, 0.2) is 0 Å². The van der Waals surface area contributed by atoms with E-state index in [-0.39, 0.29) is 11.3 Å². The zero-order chi connectivity index (χ0) is 13.3. The lowest BCUT2D eigenvalue weighted by Crippen LogP contribution is -2.07. The normalized spacial score (nSPS) is 12.5. The number of halogens is 4. The Hall–Kier alpha value is -1.31. The highest BCUT2D eigenvalue weighted by Crippen LogP contribution is 2.33. The zero-order valence-corrected chi connectivity index (χ0v) is 9.40. The summed E-state index contributed by atoms with van der Waals surface area (Å²) < 4.78 is 75.0. The lowest BCUT2D eigenvalue weighted by Gasteiger charge is -2.11. The van der Waals surface area contributed by atoms with Crippen LogP contribution in [0.2, 0.25) is 0 Å². The van der Waals surface area contributed by atoms with E-state index in [0.29, 0.717) is 6.07 Å². The number of ether oxygens (including phenoxy) is 1. The van der Waals surface area contributed by atoms with E-state index in [1.165, 1.54) is 0 Å². The third kappa shape index (κ3) is 3.88. The van der Waals surface area contributed by atoms with Gasteiger partial charge in [0, 0.05) is 5.56 Å². The van der Waals surface area contributed by atoms with Crippen molar-refractivity contribution in [3.8, 4) is 5.75 Å². The number of rotatable bonds is 3. The molecule has 0 radical (unpaired) electrons. The van der Waals surface area contributed by atoms with Gasteiger partial charge in [-0.1, -0.05) is 0 Å². The van der Waals surface area contributed by atoms with Gasteiger partial charge in [-0.3, -0.25) is 0 Å². The van der Waals surface area contributed by atoms with Gasteiger partial charge in [-0.05, 0) is 18.2 Å². The Labute approximate surface area is 95.2 Å². The molecule has 0 atom stereocenters. The van der Waals surface area contributed by atoms with E-state index in [4.69, 9.17) is 0 Å². The third-order valence-electron chi connectivity index (χ3n) is 1.94.